The van der Waals surface area contributed by atoms with Crippen molar-refractivity contribution in [1.82, 2.24) is 14.3 Å². The van der Waals surface area contributed by atoms with Gasteiger partial charge in [0.05, 0.1) is 18.6 Å². The molecule has 0 spiro atoms. The van der Waals surface area contributed by atoms with E-state index >= 15 is 0 Å². The Labute approximate surface area is 101 Å². The Morgan fingerprint density at radius 3 is 3.12 bits per heavy atom. The summed E-state index contributed by atoms with van der Waals surface area (Å²) in [6.45, 7) is 3.51. The van der Waals surface area contributed by atoms with Crippen molar-refractivity contribution in [3.8, 4) is 0 Å². The molecule has 6 nitrogen and oxygen atoms in total. The number of H-pyrrole nitrogens is 1. The maximum absolute atomic E-state index is 12.2. The molecule has 0 aliphatic carbocycles. The highest BCUT2D eigenvalue weighted by Gasteiger charge is 2.31. The first-order valence-electron chi connectivity index (χ1n) is 5.74. The molecule has 0 saturated carbocycles. The molecule has 96 valence electrons. The number of aromatic nitrogens is 2. The zero-order valence-corrected chi connectivity index (χ0v) is 10.6. The lowest BCUT2D eigenvalue weighted by Gasteiger charge is -2.31. The number of nitrogens with one attached hydrogen (secondary N) is 1. The van der Waals surface area contributed by atoms with Gasteiger partial charge in [0.25, 0.3) is 10.0 Å². The van der Waals surface area contributed by atoms with E-state index in [0.717, 1.165) is 12.8 Å². The fourth-order valence-corrected chi connectivity index (χ4v) is 3.42. The molecular weight excluding hydrogens is 242 g/mol. The number of nitrogens with zero attached hydrogens (tertiary/aromatic N) is 2. The Hall–Kier alpha value is -0.920. The molecule has 1 atom stereocenters. The highest BCUT2D eigenvalue weighted by atomic mass is 32.2. The third kappa shape index (κ3) is 2.67. The first-order valence-corrected chi connectivity index (χ1v) is 7.18. The zero-order valence-electron chi connectivity index (χ0n) is 9.80. The molecule has 1 aliphatic heterocycles. The minimum absolute atomic E-state index is 0.00597. The van der Waals surface area contributed by atoms with Crippen molar-refractivity contribution in [3.63, 3.8) is 0 Å². The van der Waals surface area contributed by atoms with Crippen LogP contribution in [-0.2, 0) is 14.8 Å². The molecule has 1 aromatic rings. The van der Waals surface area contributed by atoms with Gasteiger partial charge in [-0.2, -0.15) is 4.31 Å². The Morgan fingerprint density at radius 2 is 2.47 bits per heavy atom. The Balaban J connectivity index is 2.12. The summed E-state index contributed by atoms with van der Waals surface area (Å²) < 4.78 is 31.4. The summed E-state index contributed by atoms with van der Waals surface area (Å²) in [7, 11) is -3.43. The molecule has 1 aliphatic rings. The zero-order chi connectivity index (χ0) is 12.3. The summed E-state index contributed by atoms with van der Waals surface area (Å²) in [5.41, 5.74) is 0. The number of aromatic amines is 1. The van der Waals surface area contributed by atoms with E-state index in [2.05, 4.69) is 9.97 Å². The van der Waals surface area contributed by atoms with E-state index in [1.165, 1.54) is 16.8 Å². The number of ether oxygens (including phenoxy) is 1. The van der Waals surface area contributed by atoms with Crippen LogP contribution in [0, 0.1) is 0 Å². The van der Waals surface area contributed by atoms with Crippen molar-refractivity contribution >= 4 is 10.0 Å². The first-order chi connectivity index (χ1) is 8.14. The van der Waals surface area contributed by atoms with E-state index in [9.17, 15) is 8.42 Å². The molecule has 7 heteroatoms. The molecule has 1 aromatic heterocycles. The van der Waals surface area contributed by atoms with Crippen molar-refractivity contribution in [1.29, 1.82) is 0 Å². The SMILES string of the molecule is CCOC1CCCN(S(=O)(=O)c2cnc[nH]2)C1. The van der Waals surface area contributed by atoms with Gasteiger partial charge < -0.3 is 9.72 Å². The number of hydrogen-bond donors (Lipinski definition) is 1. The highest BCUT2D eigenvalue weighted by Crippen LogP contribution is 2.20. The lowest BCUT2D eigenvalue weighted by atomic mass is 10.1. The monoisotopic (exact) mass is 259 g/mol. The van der Waals surface area contributed by atoms with Crippen molar-refractivity contribution in [2.45, 2.75) is 30.9 Å². The minimum Gasteiger partial charge on any atom is -0.377 e. The predicted molar refractivity (Wildman–Crippen MR) is 62.0 cm³/mol. The number of piperidine rings is 1. The Morgan fingerprint density at radius 1 is 1.65 bits per heavy atom. The molecule has 0 bridgehead atoms. The smallest absolute Gasteiger partial charge is 0.260 e. The maximum atomic E-state index is 12.2. The second kappa shape index (κ2) is 5.16. The summed E-state index contributed by atoms with van der Waals surface area (Å²) in [4.78, 5) is 6.39. The van der Waals surface area contributed by atoms with Crippen LogP contribution in [-0.4, -0.2) is 48.5 Å². The molecule has 1 unspecified atom stereocenters. The van der Waals surface area contributed by atoms with Crippen molar-refractivity contribution < 1.29 is 13.2 Å². The number of sulfonamides is 1. The second-order valence-electron chi connectivity index (χ2n) is 4.00. The second-order valence-corrected chi connectivity index (χ2v) is 5.90. The standard InChI is InChI=1S/C10H17N3O3S/c1-2-16-9-4-3-5-13(7-9)17(14,15)10-6-11-8-12-10/h6,8-9H,2-5,7H2,1H3,(H,11,12). The molecule has 2 heterocycles. The fourth-order valence-electron chi connectivity index (χ4n) is 2.02. The van der Waals surface area contributed by atoms with Crippen LogP contribution >= 0.6 is 0 Å². The van der Waals surface area contributed by atoms with Gasteiger partial charge in [-0.1, -0.05) is 0 Å². The minimum atomic E-state index is -3.43. The van der Waals surface area contributed by atoms with E-state index in [4.69, 9.17) is 4.74 Å². The third-order valence-corrected chi connectivity index (χ3v) is 4.62. The van der Waals surface area contributed by atoms with Gasteiger partial charge in [0.2, 0.25) is 0 Å². The van der Waals surface area contributed by atoms with Gasteiger partial charge in [-0.15, -0.1) is 0 Å². The van der Waals surface area contributed by atoms with E-state index in [-0.39, 0.29) is 11.1 Å². The van der Waals surface area contributed by atoms with Crippen LogP contribution in [0.3, 0.4) is 0 Å². The van der Waals surface area contributed by atoms with Crippen molar-refractivity contribution in [3.05, 3.63) is 12.5 Å². The van der Waals surface area contributed by atoms with Gasteiger partial charge in [0.15, 0.2) is 5.03 Å². The molecule has 0 amide bonds. The van der Waals surface area contributed by atoms with Gasteiger partial charge in [-0.3, -0.25) is 0 Å². The van der Waals surface area contributed by atoms with Gasteiger partial charge in [0, 0.05) is 19.7 Å². The normalized spacial score (nSPS) is 22.8. The highest BCUT2D eigenvalue weighted by molar-refractivity contribution is 7.89. The molecule has 0 aromatic carbocycles. The van der Waals surface area contributed by atoms with Crippen LogP contribution in [0.25, 0.3) is 0 Å². The molecule has 17 heavy (non-hydrogen) atoms. The van der Waals surface area contributed by atoms with Crippen molar-refractivity contribution in [2.75, 3.05) is 19.7 Å². The summed E-state index contributed by atoms with van der Waals surface area (Å²) in [6.07, 6.45) is 4.46. The molecule has 0 radical (unpaired) electrons. The summed E-state index contributed by atoms with van der Waals surface area (Å²) >= 11 is 0. The van der Waals surface area contributed by atoms with Gasteiger partial charge in [-0.05, 0) is 19.8 Å². The van der Waals surface area contributed by atoms with Crippen LogP contribution in [0.15, 0.2) is 17.6 Å². The Bertz CT molecular complexity index is 441. The van der Waals surface area contributed by atoms with Crippen LogP contribution in [0.2, 0.25) is 0 Å². The lowest BCUT2D eigenvalue weighted by Crippen LogP contribution is -2.43. The van der Waals surface area contributed by atoms with Crippen LogP contribution in [0.5, 0.6) is 0 Å². The maximum Gasteiger partial charge on any atom is 0.260 e. The quantitative estimate of drug-likeness (QED) is 0.859. The molecular formula is C10H17N3O3S. The van der Waals surface area contributed by atoms with Crippen molar-refractivity contribution in [2.24, 2.45) is 0 Å². The number of hydrogen-bond acceptors (Lipinski definition) is 4. The van der Waals surface area contributed by atoms with E-state index in [1.54, 1.807) is 0 Å². The van der Waals surface area contributed by atoms with Gasteiger partial charge >= 0.3 is 0 Å². The number of imidazole rings is 1. The van der Waals surface area contributed by atoms with Crippen LogP contribution in [0.1, 0.15) is 19.8 Å². The third-order valence-electron chi connectivity index (χ3n) is 2.83. The first kappa shape index (κ1) is 12.5. The summed E-state index contributed by atoms with van der Waals surface area (Å²) in [5.74, 6) is 0. The van der Waals surface area contributed by atoms with Crippen LogP contribution < -0.4 is 0 Å². The Kier molecular flexibility index (Phi) is 3.80. The average molecular weight is 259 g/mol. The molecule has 1 saturated heterocycles. The molecule has 1 N–H and O–H groups in total. The van der Waals surface area contributed by atoms with Gasteiger partial charge in [-0.25, -0.2) is 13.4 Å². The average Bonchev–Trinajstić information content (AvgIpc) is 2.84. The summed E-state index contributed by atoms with van der Waals surface area (Å²) in [5, 5.41) is 0.148. The van der Waals surface area contributed by atoms with E-state index in [0.29, 0.717) is 19.7 Å². The van der Waals surface area contributed by atoms with E-state index < -0.39 is 10.0 Å². The predicted octanol–water partition coefficient (Wildman–Crippen LogP) is 0.599. The molecule has 1 fully saturated rings. The topological polar surface area (TPSA) is 75.3 Å². The lowest BCUT2D eigenvalue weighted by molar-refractivity contribution is 0.0264. The largest absolute Gasteiger partial charge is 0.377 e. The summed E-state index contributed by atoms with van der Waals surface area (Å²) in [6, 6.07) is 0. The van der Waals surface area contributed by atoms with Crippen LogP contribution in [0.4, 0.5) is 0 Å². The molecule has 2 rings (SSSR count). The van der Waals surface area contributed by atoms with Gasteiger partial charge in [0.1, 0.15) is 0 Å². The fraction of sp³-hybridized carbons (Fsp3) is 0.700. The van der Waals surface area contributed by atoms with E-state index in [1.807, 2.05) is 6.92 Å². The number of rotatable bonds is 4.